The van der Waals surface area contributed by atoms with Crippen LogP contribution in [0.25, 0.3) is 5.65 Å². The Morgan fingerprint density at radius 3 is 2.81 bits per heavy atom. The maximum absolute atomic E-state index is 12.2. The highest BCUT2D eigenvalue weighted by Crippen LogP contribution is 2.09. The van der Waals surface area contributed by atoms with Gasteiger partial charge >= 0.3 is 5.97 Å². The van der Waals surface area contributed by atoms with E-state index in [0.717, 1.165) is 18.5 Å². The highest BCUT2D eigenvalue weighted by Gasteiger charge is 2.21. The van der Waals surface area contributed by atoms with Crippen LogP contribution >= 0.6 is 0 Å². The number of nitrogens with zero attached hydrogens (tertiary/aromatic N) is 2. The van der Waals surface area contributed by atoms with Gasteiger partial charge in [-0.05, 0) is 25.5 Å². The van der Waals surface area contributed by atoms with Crippen LogP contribution in [0.2, 0.25) is 0 Å². The maximum atomic E-state index is 12.2. The number of carboxylic acids is 1. The van der Waals surface area contributed by atoms with Crippen molar-refractivity contribution in [1.82, 2.24) is 14.7 Å². The normalized spacial score (nSPS) is 12.3. The Morgan fingerprint density at radius 1 is 1.43 bits per heavy atom. The largest absolute Gasteiger partial charge is 0.480 e. The van der Waals surface area contributed by atoms with E-state index in [0.29, 0.717) is 12.1 Å². The number of aryl methyl sites for hydroxylation is 1. The number of aliphatic carboxylic acids is 1. The molecule has 0 aliphatic rings. The highest BCUT2D eigenvalue weighted by molar-refractivity contribution is 5.95. The second-order valence-corrected chi connectivity index (χ2v) is 5.03. The molecule has 0 saturated heterocycles. The second kappa shape index (κ2) is 6.39. The Balaban J connectivity index is 2.17. The summed E-state index contributed by atoms with van der Waals surface area (Å²) in [7, 11) is 0. The van der Waals surface area contributed by atoms with Gasteiger partial charge in [-0.2, -0.15) is 0 Å². The molecule has 0 radical (unpaired) electrons. The van der Waals surface area contributed by atoms with Crippen molar-refractivity contribution in [3.8, 4) is 0 Å². The third-order valence-corrected chi connectivity index (χ3v) is 3.38. The van der Waals surface area contributed by atoms with Gasteiger partial charge in [0.25, 0.3) is 5.91 Å². The van der Waals surface area contributed by atoms with Gasteiger partial charge in [-0.15, -0.1) is 0 Å². The zero-order chi connectivity index (χ0) is 15.4. The zero-order valence-corrected chi connectivity index (χ0v) is 12.2. The Hall–Kier alpha value is -2.37. The van der Waals surface area contributed by atoms with Gasteiger partial charge in [0.2, 0.25) is 0 Å². The monoisotopic (exact) mass is 289 g/mol. The molecule has 1 unspecified atom stereocenters. The van der Waals surface area contributed by atoms with E-state index in [1.807, 2.05) is 26.0 Å². The minimum atomic E-state index is -1.02. The molecule has 0 bridgehead atoms. The maximum Gasteiger partial charge on any atom is 0.326 e. The Bertz CT molecular complexity index is 663. The van der Waals surface area contributed by atoms with Gasteiger partial charge in [-0.25, -0.2) is 9.78 Å². The van der Waals surface area contributed by atoms with Crippen LogP contribution < -0.4 is 5.32 Å². The fourth-order valence-electron chi connectivity index (χ4n) is 2.16. The van der Waals surface area contributed by atoms with Crippen molar-refractivity contribution in [3.63, 3.8) is 0 Å². The van der Waals surface area contributed by atoms with Crippen LogP contribution in [0.1, 0.15) is 42.4 Å². The van der Waals surface area contributed by atoms with Crippen LogP contribution in [0.5, 0.6) is 0 Å². The molecular formula is C15H19N3O3. The van der Waals surface area contributed by atoms with Crippen molar-refractivity contribution in [2.24, 2.45) is 0 Å². The third kappa shape index (κ3) is 3.39. The van der Waals surface area contributed by atoms with E-state index in [9.17, 15) is 9.59 Å². The van der Waals surface area contributed by atoms with Gasteiger partial charge in [0.15, 0.2) is 0 Å². The number of carboxylic acid groups (broad SMARTS) is 1. The first-order valence-corrected chi connectivity index (χ1v) is 7.01. The van der Waals surface area contributed by atoms with Gasteiger partial charge in [-0.1, -0.05) is 25.8 Å². The van der Waals surface area contributed by atoms with Gasteiger partial charge in [0, 0.05) is 11.9 Å². The van der Waals surface area contributed by atoms with E-state index >= 15 is 0 Å². The number of hydrogen-bond donors (Lipinski definition) is 2. The summed E-state index contributed by atoms with van der Waals surface area (Å²) in [6, 6.07) is 4.71. The summed E-state index contributed by atoms with van der Waals surface area (Å²) in [5.41, 5.74) is 1.85. The first kappa shape index (κ1) is 15.0. The smallest absolute Gasteiger partial charge is 0.326 e. The molecule has 0 aliphatic carbocycles. The Kier molecular flexibility index (Phi) is 4.57. The molecule has 0 spiro atoms. The average Bonchev–Trinajstić information content (AvgIpc) is 2.88. The molecule has 0 fully saturated rings. The number of unbranched alkanes of at least 4 members (excludes halogenated alkanes) is 1. The van der Waals surface area contributed by atoms with Crippen molar-refractivity contribution in [1.29, 1.82) is 0 Å². The fraction of sp³-hybridized carbons (Fsp3) is 0.400. The minimum absolute atomic E-state index is 0.229. The number of carbonyl (C=O) groups excluding carboxylic acids is 1. The Labute approximate surface area is 122 Å². The number of rotatable bonds is 6. The molecule has 21 heavy (non-hydrogen) atoms. The lowest BCUT2D eigenvalue weighted by Gasteiger charge is -2.12. The van der Waals surface area contributed by atoms with Crippen molar-refractivity contribution in [2.75, 3.05) is 0 Å². The molecular weight excluding hydrogens is 270 g/mol. The van der Waals surface area contributed by atoms with E-state index in [2.05, 4.69) is 10.3 Å². The first-order chi connectivity index (χ1) is 10.0. The lowest BCUT2D eigenvalue weighted by atomic mass is 10.1. The number of nitrogens with one attached hydrogen (secondary N) is 1. The van der Waals surface area contributed by atoms with Crippen LogP contribution in [0.3, 0.4) is 0 Å². The van der Waals surface area contributed by atoms with Crippen LogP contribution in [-0.2, 0) is 4.79 Å². The molecule has 2 aromatic heterocycles. The summed E-state index contributed by atoms with van der Waals surface area (Å²) in [6.45, 7) is 3.89. The molecule has 6 heteroatoms. The van der Waals surface area contributed by atoms with Crippen molar-refractivity contribution < 1.29 is 14.7 Å². The molecule has 2 aromatic rings. The number of fused-ring (bicyclic) bond motifs is 1. The SMILES string of the molecule is CCCCC(NC(=O)c1cn2c(C)cccc2n1)C(=O)O. The van der Waals surface area contributed by atoms with Gasteiger partial charge in [-0.3, -0.25) is 4.79 Å². The van der Waals surface area contributed by atoms with Crippen molar-refractivity contribution in [3.05, 3.63) is 35.8 Å². The van der Waals surface area contributed by atoms with E-state index in [1.165, 1.54) is 0 Å². The second-order valence-electron chi connectivity index (χ2n) is 5.03. The van der Waals surface area contributed by atoms with E-state index in [1.54, 1.807) is 16.7 Å². The predicted octanol–water partition coefficient (Wildman–Crippen LogP) is 2.02. The van der Waals surface area contributed by atoms with Crippen molar-refractivity contribution in [2.45, 2.75) is 39.2 Å². The summed E-state index contributed by atoms with van der Waals surface area (Å²) in [5, 5.41) is 11.7. The molecule has 1 atom stereocenters. The molecule has 0 aromatic carbocycles. The Morgan fingerprint density at radius 2 is 2.19 bits per heavy atom. The standard InChI is InChI=1S/C15H19N3O3/c1-3-4-7-11(15(20)21)17-14(19)12-9-18-10(2)6-5-8-13(18)16-12/h5-6,8-9,11H,3-4,7H2,1-2H3,(H,17,19)(H,20,21). The summed E-state index contributed by atoms with van der Waals surface area (Å²) >= 11 is 0. The van der Waals surface area contributed by atoms with Crippen molar-refractivity contribution >= 4 is 17.5 Å². The highest BCUT2D eigenvalue weighted by atomic mass is 16.4. The molecule has 2 N–H and O–H groups in total. The van der Waals surface area contributed by atoms with E-state index < -0.39 is 17.9 Å². The third-order valence-electron chi connectivity index (χ3n) is 3.38. The molecule has 1 amide bonds. The number of imidazole rings is 1. The summed E-state index contributed by atoms with van der Waals surface area (Å²) < 4.78 is 1.80. The number of amides is 1. The van der Waals surface area contributed by atoms with Gasteiger partial charge in [0.05, 0.1) is 0 Å². The number of carbonyl (C=O) groups is 2. The van der Waals surface area contributed by atoms with E-state index in [4.69, 9.17) is 5.11 Å². The van der Waals surface area contributed by atoms with Crippen LogP contribution in [0.15, 0.2) is 24.4 Å². The number of pyridine rings is 1. The minimum Gasteiger partial charge on any atom is -0.480 e. The summed E-state index contributed by atoms with van der Waals surface area (Å²) in [4.78, 5) is 27.5. The van der Waals surface area contributed by atoms with Crippen LogP contribution in [0, 0.1) is 6.92 Å². The topological polar surface area (TPSA) is 83.7 Å². The lowest BCUT2D eigenvalue weighted by molar-refractivity contribution is -0.139. The molecule has 2 rings (SSSR count). The number of aromatic nitrogens is 2. The molecule has 112 valence electrons. The molecule has 6 nitrogen and oxygen atoms in total. The van der Waals surface area contributed by atoms with Crippen LogP contribution in [-0.4, -0.2) is 32.4 Å². The fourth-order valence-corrected chi connectivity index (χ4v) is 2.16. The lowest BCUT2D eigenvalue weighted by Crippen LogP contribution is -2.40. The molecule has 0 saturated carbocycles. The zero-order valence-electron chi connectivity index (χ0n) is 12.2. The van der Waals surface area contributed by atoms with E-state index in [-0.39, 0.29) is 5.69 Å². The molecule has 0 aliphatic heterocycles. The van der Waals surface area contributed by atoms with Gasteiger partial charge in [0.1, 0.15) is 17.4 Å². The first-order valence-electron chi connectivity index (χ1n) is 7.01. The predicted molar refractivity (Wildman–Crippen MR) is 78.3 cm³/mol. The van der Waals surface area contributed by atoms with Gasteiger partial charge < -0.3 is 14.8 Å². The molecule has 2 heterocycles. The van der Waals surface area contributed by atoms with Crippen LogP contribution in [0.4, 0.5) is 0 Å². The number of hydrogen-bond acceptors (Lipinski definition) is 3. The quantitative estimate of drug-likeness (QED) is 0.852. The summed E-state index contributed by atoms with van der Waals surface area (Å²) in [6.07, 6.45) is 3.68. The summed E-state index contributed by atoms with van der Waals surface area (Å²) in [5.74, 6) is -1.47. The average molecular weight is 289 g/mol.